The summed E-state index contributed by atoms with van der Waals surface area (Å²) in [7, 11) is -2.40. The van der Waals surface area contributed by atoms with E-state index >= 15 is 0 Å². The van der Waals surface area contributed by atoms with Gasteiger partial charge in [0.1, 0.15) is 0 Å². The number of hydrogen-bond donors (Lipinski definition) is 1. The highest BCUT2D eigenvalue weighted by Crippen LogP contribution is 2.22. The summed E-state index contributed by atoms with van der Waals surface area (Å²) >= 11 is 0. The van der Waals surface area contributed by atoms with Crippen molar-refractivity contribution in [1.82, 2.24) is 14.8 Å². The van der Waals surface area contributed by atoms with E-state index < -0.39 is 10.0 Å². The van der Waals surface area contributed by atoms with E-state index in [2.05, 4.69) is 10.2 Å². The molecule has 8 heteroatoms. The Morgan fingerprint density at radius 3 is 2.52 bits per heavy atom. The molecule has 0 atom stereocenters. The average Bonchev–Trinajstić information content (AvgIpc) is 2.83. The van der Waals surface area contributed by atoms with Crippen molar-refractivity contribution in [2.75, 3.05) is 13.7 Å². The van der Waals surface area contributed by atoms with Gasteiger partial charge < -0.3 is 4.74 Å². The fourth-order valence-electron chi connectivity index (χ4n) is 1.98. The number of aromatic nitrogens is 3. The predicted molar refractivity (Wildman–Crippen MR) is 78.2 cm³/mol. The standard InChI is InChI=1S/C13H18N4O3S/c1-9-4-5-11(8-10(9)2)12-15-16-13(21(14,18)19)17(12)6-7-20-3/h4-5,8H,6-7H2,1-3H3,(H2,14,18,19). The highest BCUT2D eigenvalue weighted by atomic mass is 32.2. The molecular weight excluding hydrogens is 292 g/mol. The van der Waals surface area contributed by atoms with E-state index in [0.717, 1.165) is 16.7 Å². The van der Waals surface area contributed by atoms with Crippen LogP contribution in [0.1, 0.15) is 11.1 Å². The van der Waals surface area contributed by atoms with Gasteiger partial charge in [0.15, 0.2) is 5.82 Å². The van der Waals surface area contributed by atoms with Gasteiger partial charge in [0, 0.05) is 12.7 Å². The number of ether oxygens (including phenoxy) is 1. The third-order valence-corrected chi connectivity index (χ3v) is 4.07. The molecule has 0 saturated carbocycles. The zero-order valence-corrected chi connectivity index (χ0v) is 13.0. The van der Waals surface area contributed by atoms with Crippen molar-refractivity contribution in [2.45, 2.75) is 25.5 Å². The summed E-state index contributed by atoms with van der Waals surface area (Å²) in [5, 5.41) is 12.6. The Labute approximate surface area is 123 Å². The molecule has 0 bridgehead atoms. The van der Waals surface area contributed by atoms with E-state index in [1.807, 2.05) is 32.0 Å². The minimum Gasteiger partial charge on any atom is -0.383 e. The molecule has 0 aliphatic rings. The number of aryl methyl sites for hydroxylation is 2. The van der Waals surface area contributed by atoms with Crippen LogP contribution in [-0.4, -0.2) is 36.9 Å². The summed E-state index contributed by atoms with van der Waals surface area (Å²) in [6, 6.07) is 5.77. The second-order valence-corrected chi connectivity index (χ2v) is 6.25. The molecule has 114 valence electrons. The summed E-state index contributed by atoms with van der Waals surface area (Å²) in [5.74, 6) is 0.458. The Morgan fingerprint density at radius 1 is 1.24 bits per heavy atom. The Bertz CT molecular complexity index is 753. The summed E-state index contributed by atoms with van der Waals surface area (Å²) < 4.78 is 29.7. The van der Waals surface area contributed by atoms with Crippen molar-refractivity contribution in [3.63, 3.8) is 0 Å². The number of benzene rings is 1. The summed E-state index contributed by atoms with van der Waals surface area (Å²) in [5.41, 5.74) is 3.02. The van der Waals surface area contributed by atoms with Crippen LogP contribution in [0, 0.1) is 13.8 Å². The summed E-state index contributed by atoms with van der Waals surface area (Å²) in [4.78, 5) is 0. The normalized spacial score (nSPS) is 11.8. The molecule has 0 fully saturated rings. The van der Waals surface area contributed by atoms with Crippen LogP contribution in [0.5, 0.6) is 0 Å². The Morgan fingerprint density at radius 2 is 1.95 bits per heavy atom. The number of hydrogen-bond acceptors (Lipinski definition) is 5. The molecule has 21 heavy (non-hydrogen) atoms. The molecule has 1 aromatic heterocycles. The van der Waals surface area contributed by atoms with E-state index in [1.54, 1.807) is 0 Å². The molecule has 2 N–H and O–H groups in total. The Hall–Kier alpha value is -1.77. The number of sulfonamides is 1. The van der Waals surface area contributed by atoms with Gasteiger partial charge in [-0.25, -0.2) is 13.6 Å². The molecule has 0 unspecified atom stereocenters. The van der Waals surface area contributed by atoms with Gasteiger partial charge >= 0.3 is 0 Å². The number of methoxy groups -OCH3 is 1. The van der Waals surface area contributed by atoms with Crippen LogP contribution in [-0.2, 0) is 21.3 Å². The third-order valence-electron chi connectivity index (χ3n) is 3.26. The maximum absolute atomic E-state index is 11.6. The van der Waals surface area contributed by atoms with Crippen molar-refractivity contribution in [2.24, 2.45) is 5.14 Å². The maximum Gasteiger partial charge on any atom is 0.273 e. The van der Waals surface area contributed by atoms with Gasteiger partial charge in [-0.05, 0) is 31.0 Å². The van der Waals surface area contributed by atoms with Crippen molar-refractivity contribution < 1.29 is 13.2 Å². The number of rotatable bonds is 5. The van der Waals surface area contributed by atoms with E-state index in [9.17, 15) is 8.42 Å². The molecule has 0 spiro atoms. The monoisotopic (exact) mass is 310 g/mol. The molecule has 0 aliphatic heterocycles. The fraction of sp³-hybridized carbons (Fsp3) is 0.385. The van der Waals surface area contributed by atoms with Gasteiger partial charge in [-0.15, -0.1) is 10.2 Å². The lowest BCUT2D eigenvalue weighted by Gasteiger charge is -2.10. The maximum atomic E-state index is 11.6. The molecule has 0 amide bonds. The first-order chi connectivity index (χ1) is 9.84. The topological polar surface area (TPSA) is 100 Å². The zero-order valence-electron chi connectivity index (χ0n) is 12.2. The van der Waals surface area contributed by atoms with Crippen LogP contribution in [0.15, 0.2) is 23.4 Å². The molecule has 7 nitrogen and oxygen atoms in total. The van der Waals surface area contributed by atoms with Crippen molar-refractivity contribution in [1.29, 1.82) is 0 Å². The molecule has 2 rings (SSSR count). The van der Waals surface area contributed by atoms with Crippen LogP contribution >= 0.6 is 0 Å². The van der Waals surface area contributed by atoms with E-state index in [0.29, 0.717) is 19.0 Å². The number of primary sulfonamides is 1. The van der Waals surface area contributed by atoms with Crippen LogP contribution < -0.4 is 5.14 Å². The minimum atomic E-state index is -3.94. The van der Waals surface area contributed by atoms with Gasteiger partial charge in [0.25, 0.3) is 15.2 Å². The van der Waals surface area contributed by atoms with E-state index in [4.69, 9.17) is 9.88 Å². The number of nitrogens with zero attached hydrogens (tertiary/aromatic N) is 3. The van der Waals surface area contributed by atoms with Gasteiger partial charge in [-0.3, -0.25) is 4.57 Å². The molecule has 0 radical (unpaired) electrons. The second kappa shape index (κ2) is 5.92. The Balaban J connectivity index is 2.57. The lowest BCUT2D eigenvalue weighted by atomic mass is 10.1. The highest BCUT2D eigenvalue weighted by Gasteiger charge is 2.21. The van der Waals surface area contributed by atoms with Gasteiger partial charge in [0.2, 0.25) is 0 Å². The molecule has 2 aromatic rings. The number of nitrogens with two attached hydrogens (primary N) is 1. The molecule has 0 aliphatic carbocycles. The molecule has 1 heterocycles. The molecule has 1 aromatic carbocycles. The second-order valence-electron chi connectivity index (χ2n) is 4.79. The van der Waals surface area contributed by atoms with Crippen molar-refractivity contribution >= 4 is 10.0 Å². The fourth-order valence-corrected chi connectivity index (χ4v) is 2.62. The lowest BCUT2D eigenvalue weighted by molar-refractivity contribution is 0.185. The van der Waals surface area contributed by atoms with Crippen molar-refractivity contribution in [3.8, 4) is 11.4 Å². The van der Waals surface area contributed by atoms with Crippen molar-refractivity contribution in [3.05, 3.63) is 29.3 Å². The third kappa shape index (κ3) is 3.29. The smallest absolute Gasteiger partial charge is 0.273 e. The van der Waals surface area contributed by atoms with Crippen LogP contribution in [0.4, 0.5) is 0 Å². The predicted octanol–water partition coefficient (Wildman–Crippen LogP) is 0.856. The highest BCUT2D eigenvalue weighted by molar-refractivity contribution is 7.89. The summed E-state index contributed by atoms with van der Waals surface area (Å²) in [6.07, 6.45) is 0. The van der Waals surface area contributed by atoms with Gasteiger partial charge in [0.05, 0.1) is 13.2 Å². The first kappa shape index (κ1) is 15.6. The largest absolute Gasteiger partial charge is 0.383 e. The summed E-state index contributed by atoms with van der Waals surface area (Å²) in [6.45, 7) is 4.62. The van der Waals surface area contributed by atoms with E-state index in [1.165, 1.54) is 11.7 Å². The van der Waals surface area contributed by atoms with Gasteiger partial charge in [-0.1, -0.05) is 12.1 Å². The molecular formula is C13H18N4O3S. The quantitative estimate of drug-likeness (QED) is 0.882. The first-order valence-electron chi connectivity index (χ1n) is 6.37. The van der Waals surface area contributed by atoms with Crippen LogP contribution in [0.3, 0.4) is 0 Å². The first-order valence-corrected chi connectivity index (χ1v) is 7.92. The van der Waals surface area contributed by atoms with Gasteiger partial charge in [-0.2, -0.15) is 0 Å². The SMILES string of the molecule is COCCn1c(-c2ccc(C)c(C)c2)nnc1S(N)(=O)=O. The molecule has 0 saturated heterocycles. The minimum absolute atomic E-state index is 0.257. The van der Waals surface area contributed by atoms with Crippen LogP contribution in [0.25, 0.3) is 11.4 Å². The average molecular weight is 310 g/mol. The van der Waals surface area contributed by atoms with Crippen LogP contribution in [0.2, 0.25) is 0 Å². The van der Waals surface area contributed by atoms with E-state index in [-0.39, 0.29) is 5.16 Å². The lowest BCUT2D eigenvalue weighted by Crippen LogP contribution is -2.20. The zero-order chi connectivity index (χ0) is 15.6. The Kier molecular flexibility index (Phi) is 4.40.